The lowest BCUT2D eigenvalue weighted by Gasteiger charge is -1.99. The first-order chi connectivity index (χ1) is 4.61. The summed E-state index contributed by atoms with van der Waals surface area (Å²) in [5.41, 5.74) is 1.20. The fourth-order valence-corrected chi connectivity index (χ4v) is 1.88. The van der Waals surface area contributed by atoms with Gasteiger partial charge in [-0.15, -0.1) is 11.3 Å². The molecule has 1 heterocycles. The number of thiazole rings is 1. The van der Waals surface area contributed by atoms with Crippen LogP contribution in [0.5, 0.6) is 0 Å². The molecule has 0 saturated carbocycles. The Labute approximate surface area is 66.1 Å². The minimum absolute atomic E-state index is 0.534. The molecule has 1 aromatic rings. The van der Waals surface area contributed by atoms with Gasteiger partial charge in [0.25, 0.3) is 0 Å². The van der Waals surface area contributed by atoms with Gasteiger partial charge in [-0.2, -0.15) is 0 Å². The molecule has 1 rings (SSSR count). The van der Waals surface area contributed by atoms with Crippen molar-refractivity contribution in [3.63, 3.8) is 0 Å². The first-order valence-corrected chi connectivity index (χ1v) is 4.22. The van der Waals surface area contributed by atoms with Gasteiger partial charge in [0.15, 0.2) is 0 Å². The highest BCUT2D eigenvalue weighted by molar-refractivity contribution is 7.11. The molecule has 0 aliphatic rings. The number of hydrogen-bond acceptors (Lipinski definition) is 2. The van der Waals surface area contributed by atoms with E-state index in [2.05, 4.69) is 32.7 Å². The predicted molar refractivity (Wildman–Crippen MR) is 45.4 cm³/mol. The summed E-state index contributed by atoms with van der Waals surface area (Å²) >= 11 is 1.68. The Morgan fingerprint density at radius 1 is 1.50 bits per heavy atom. The molecule has 0 aromatic carbocycles. The minimum Gasteiger partial charge on any atom is -0.246 e. The quantitative estimate of drug-likeness (QED) is 0.606. The fraction of sp³-hybridized carbons (Fsp3) is 0.500. The van der Waals surface area contributed by atoms with E-state index >= 15 is 0 Å². The predicted octanol–water partition coefficient (Wildman–Crippen LogP) is 2.76. The maximum Gasteiger partial charge on any atom is 0.0935 e. The van der Waals surface area contributed by atoms with E-state index in [0.717, 1.165) is 5.01 Å². The Morgan fingerprint density at radius 3 is 2.30 bits per heavy atom. The molecule has 0 N–H and O–H groups in total. The highest BCUT2D eigenvalue weighted by Gasteiger charge is 2.07. The van der Waals surface area contributed by atoms with Gasteiger partial charge in [0.1, 0.15) is 0 Å². The van der Waals surface area contributed by atoms with Crippen molar-refractivity contribution >= 4 is 11.3 Å². The van der Waals surface area contributed by atoms with Gasteiger partial charge in [0.05, 0.1) is 10.7 Å². The van der Waals surface area contributed by atoms with Gasteiger partial charge in [0, 0.05) is 11.8 Å². The molecule has 0 spiro atoms. The second-order valence-corrected chi connectivity index (χ2v) is 3.99. The molecule has 0 amide bonds. The number of aromatic nitrogens is 1. The highest BCUT2D eigenvalue weighted by Crippen LogP contribution is 2.22. The molecule has 1 nitrogen and oxygen atoms in total. The summed E-state index contributed by atoms with van der Waals surface area (Å²) in [4.78, 5) is 5.62. The third-order valence-electron chi connectivity index (χ3n) is 1.42. The van der Waals surface area contributed by atoms with Crippen LogP contribution in [0.3, 0.4) is 0 Å². The summed E-state index contributed by atoms with van der Waals surface area (Å²) in [5.74, 6) is 0.534. The van der Waals surface area contributed by atoms with Crippen LogP contribution in [0.25, 0.3) is 0 Å². The normalized spacial score (nSPS) is 10.9. The van der Waals surface area contributed by atoms with E-state index in [9.17, 15) is 0 Å². The van der Waals surface area contributed by atoms with E-state index in [4.69, 9.17) is 0 Å². The standard InChI is InChI=1S/C8H12NS/c1-5(2)8-6(3)10-7(4)9-8/h5H,4H2,1-3H3. The maximum atomic E-state index is 4.32. The Kier molecular flexibility index (Phi) is 2.09. The van der Waals surface area contributed by atoms with Crippen LogP contribution < -0.4 is 0 Å². The Hall–Kier alpha value is -0.370. The van der Waals surface area contributed by atoms with Crippen molar-refractivity contribution in [2.24, 2.45) is 0 Å². The van der Waals surface area contributed by atoms with Crippen LogP contribution in [0.1, 0.15) is 35.3 Å². The summed E-state index contributed by atoms with van der Waals surface area (Å²) in [7, 11) is 0. The molecule has 1 aromatic heterocycles. The second-order valence-electron chi connectivity index (χ2n) is 2.70. The monoisotopic (exact) mass is 154 g/mol. The third-order valence-corrected chi connectivity index (χ3v) is 2.27. The van der Waals surface area contributed by atoms with Gasteiger partial charge in [-0.25, -0.2) is 4.98 Å². The van der Waals surface area contributed by atoms with Gasteiger partial charge in [-0.1, -0.05) is 13.8 Å². The molecule has 1 radical (unpaired) electrons. The summed E-state index contributed by atoms with van der Waals surface area (Å²) < 4.78 is 0. The highest BCUT2D eigenvalue weighted by atomic mass is 32.1. The first-order valence-electron chi connectivity index (χ1n) is 3.40. The molecular weight excluding hydrogens is 142 g/mol. The molecule has 10 heavy (non-hydrogen) atoms. The molecular formula is C8H12NS. The summed E-state index contributed by atoms with van der Waals surface area (Å²) in [6, 6.07) is 0. The first kappa shape index (κ1) is 7.73. The van der Waals surface area contributed by atoms with E-state index in [-0.39, 0.29) is 0 Å². The van der Waals surface area contributed by atoms with Gasteiger partial charge >= 0.3 is 0 Å². The average molecular weight is 154 g/mol. The van der Waals surface area contributed by atoms with Crippen molar-refractivity contribution in [3.8, 4) is 0 Å². The number of nitrogens with zero attached hydrogens (tertiary/aromatic N) is 1. The lowest BCUT2D eigenvalue weighted by atomic mass is 10.1. The van der Waals surface area contributed by atoms with Crippen LogP contribution in [0.4, 0.5) is 0 Å². The van der Waals surface area contributed by atoms with Crippen LogP contribution in [-0.2, 0) is 0 Å². The zero-order valence-electron chi connectivity index (χ0n) is 6.64. The number of hydrogen-bond donors (Lipinski definition) is 0. The van der Waals surface area contributed by atoms with Crippen LogP contribution >= 0.6 is 11.3 Å². The molecule has 0 bridgehead atoms. The van der Waals surface area contributed by atoms with Crippen LogP contribution in [0.2, 0.25) is 0 Å². The van der Waals surface area contributed by atoms with Crippen molar-refractivity contribution in [2.45, 2.75) is 26.7 Å². The van der Waals surface area contributed by atoms with Crippen molar-refractivity contribution in [3.05, 3.63) is 22.5 Å². The Morgan fingerprint density at radius 2 is 2.10 bits per heavy atom. The van der Waals surface area contributed by atoms with E-state index < -0.39 is 0 Å². The van der Waals surface area contributed by atoms with Gasteiger partial charge in [-0.05, 0) is 12.8 Å². The number of rotatable bonds is 1. The van der Waals surface area contributed by atoms with Gasteiger partial charge in [-0.3, -0.25) is 0 Å². The lowest BCUT2D eigenvalue weighted by Crippen LogP contribution is -1.89. The van der Waals surface area contributed by atoms with Crippen molar-refractivity contribution in [2.75, 3.05) is 0 Å². The van der Waals surface area contributed by atoms with E-state index in [0.29, 0.717) is 5.92 Å². The molecule has 0 aliphatic heterocycles. The van der Waals surface area contributed by atoms with Gasteiger partial charge in [0.2, 0.25) is 0 Å². The third kappa shape index (κ3) is 1.37. The molecule has 55 valence electrons. The molecule has 0 aliphatic carbocycles. The molecule has 0 unspecified atom stereocenters. The molecule has 2 heteroatoms. The van der Waals surface area contributed by atoms with E-state index in [1.807, 2.05) is 0 Å². The minimum atomic E-state index is 0.534. The largest absolute Gasteiger partial charge is 0.246 e. The lowest BCUT2D eigenvalue weighted by molar-refractivity contribution is 0.823. The van der Waals surface area contributed by atoms with Gasteiger partial charge < -0.3 is 0 Å². The smallest absolute Gasteiger partial charge is 0.0935 e. The maximum absolute atomic E-state index is 4.32. The molecule has 0 fully saturated rings. The van der Waals surface area contributed by atoms with Crippen molar-refractivity contribution in [1.29, 1.82) is 0 Å². The summed E-state index contributed by atoms with van der Waals surface area (Å²) in [5, 5.41) is 0.932. The second kappa shape index (κ2) is 2.70. The zero-order chi connectivity index (χ0) is 7.72. The topological polar surface area (TPSA) is 12.9 Å². The van der Waals surface area contributed by atoms with Crippen LogP contribution in [0.15, 0.2) is 0 Å². The van der Waals surface area contributed by atoms with Crippen molar-refractivity contribution in [1.82, 2.24) is 4.98 Å². The van der Waals surface area contributed by atoms with E-state index in [1.165, 1.54) is 10.6 Å². The zero-order valence-corrected chi connectivity index (χ0v) is 7.46. The van der Waals surface area contributed by atoms with Crippen molar-refractivity contribution < 1.29 is 0 Å². The fourth-order valence-electron chi connectivity index (χ4n) is 1.00. The number of aryl methyl sites for hydroxylation is 1. The average Bonchev–Trinajstić information content (AvgIpc) is 2.10. The SMILES string of the molecule is [CH2]c1nc(C(C)C)c(C)s1. The summed E-state index contributed by atoms with van der Waals surface area (Å²) in [6.45, 7) is 10.2. The van der Waals surface area contributed by atoms with Crippen LogP contribution in [0, 0.1) is 13.8 Å². The Balaban J connectivity index is 3.03. The van der Waals surface area contributed by atoms with E-state index in [1.54, 1.807) is 11.3 Å². The summed E-state index contributed by atoms with van der Waals surface area (Å²) in [6.07, 6.45) is 0. The van der Waals surface area contributed by atoms with Crippen LogP contribution in [-0.4, -0.2) is 4.98 Å². The molecule has 0 atom stereocenters. The molecule has 0 saturated heterocycles. The Bertz CT molecular complexity index is 225.